The normalized spacial score (nSPS) is 11.9. The molecule has 3 aromatic heterocycles. The number of nitrogens with zero attached hydrogens (tertiary/aromatic N) is 4. The van der Waals surface area contributed by atoms with Crippen molar-refractivity contribution in [2.45, 2.75) is 38.6 Å². The Morgan fingerprint density at radius 2 is 1.94 bits per heavy atom. The van der Waals surface area contributed by atoms with Crippen LogP contribution in [0.3, 0.4) is 0 Å². The van der Waals surface area contributed by atoms with Crippen LogP contribution in [0, 0.1) is 13.8 Å². The number of carbonyl (C=O) groups is 1. The monoisotopic (exact) mass is 488 g/mol. The number of nitrogens with two attached hydrogens (primary N) is 1. The Hall–Kier alpha value is -3.44. The zero-order valence-electron chi connectivity index (χ0n) is 18.2. The van der Waals surface area contributed by atoms with Crippen LogP contribution < -0.4 is 10.5 Å². The van der Waals surface area contributed by atoms with Crippen molar-refractivity contribution >= 4 is 49.9 Å². The minimum absolute atomic E-state index is 0.00650. The van der Waals surface area contributed by atoms with E-state index in [1.165, 1.54) is 38.4 Å². The average molecular weight is 489 g/mol. The zero-order valence-corrected chi connectivity index (χ0v) is 19.8. The average Bonchev–Trinajstić information content (AvgIpc) is 3.30. The Bertz CT molecular complexity index is 1490. The van der Waals surface area contributed by atoms with Crippen molar-refractivity contribution in [3.8, 4) is 0 Å². The number of hydrogen-bond donors (Lipinski definition) is 2. The molecule has 0 unspecified atom stereocenters. The first kappa shape index (κ1) is 22.7. The summed E-state index contributed by atoms with van der Waals surface area (Å²) >= 11 is 6.50. The van der Waals surface area contributed by atoms with Crippen LogP contribution in [0.1, 0.15) is 47.3 Å². The van der Waals surface area contributed by atoms with Crippen LogP contribution in [0.15, 0.2) is 40.1 Å². The third-order valence-electron chi connectivity index (χ3n) is 5.16. The van der Waals surface area contributed by atoms with Crippen LogP contribution in [0.5, 0.6) is 0 Å². The van der Waals surface area contributed by atoms with Crippen molar-refractivity contribution in [2.75, 3.05) is 10.5 Å². The first-order valence-electron chi connectivity index (χ1n) is 9.92. The Morgan fingerprint density at radius 3 is 2.58 bits per heavy atom. The molecule has 0 aliphatic rings. The number of benzene rings is 1. The Balaban J connectivity index is 1.80. The number of ketones is 1. The van der Waals surface area contributed by atoms with Crippen molar-refractivity contribution in [2.24, 2.45) is 0 Å². The lowest BCUT2D eigenvalue weighted by Gasteiger charge is -2.12. The predicted molar refractivity (Wildman–Crippen MR) is 124 cm³/mol. The summed E-state index contributed by atoms with van der Waals surface area (Å²) in [6, 6.07) is 4.51. The van der Waals surface area contributed by atoms with Gasteiger partial charge in [-0.1, -0.05) is 22.8 Å². The fourth-order valence-corrected chi connectivity index (χ4v) is 5.38. The second kappa shape index (κ2) is 8.16. The van der Waals surface area contributed by atoms with E-state index in [0.717, 1.165) is 0 Å². The second-order valence-corrected chi connectivity index (χ2v) is 9.75. The predicted octanol–water partition coefficient (Wildman–Crippen LogP) is 3.88. The molecular formula is C21H21ClN6O4S. The van der Waals surface area contributed by atoms with E-state index in [4.69, 9.17) is 21.9 Å². The highest BCUT2D eigenvalue weighted by Crippen LogP contribution is 2.34. The molecule has 3 N–H and O–H groups in total. The topological polar surface area (TPSA) is 146 Å². The second-order valence-electron chi connectivity index (χ2n) is 7.76. The molecule has 10 nitrogen and oxygen atoms in total. The van der Waals surface area contributed by atoms with E-state index in [1.807, 2.05) is 18.4 Å². The van der Waals surface area contributed by atoms with Gasteiger partial charge in [0.05, 0.1) is 21.7 Å². The van der Waals surface area contributed by atoms with Gasteiger partial charge >= 0.3 is 0 Å². The number of anilines is 2. The van der Waals surface area contributed by atoms with Gasteiger partial charge in [0.15, 0.2) is 16.4 Å². The number of nitrogens with one attached hydrogen (secondary N) is 1. The number of nitrogen functional groups attached to an aromatic ring is 1. The Morgan fingerprint density at radius 1 is 1.21 bits per heavy atom. The maximum Gasteiger partial charge on any atom is 0.267 e. The van der Waals surface area contributed by atoms with Crippen LogP contribution in [0.2, 0.25) is 5.02 Å². The van der Waals surface area contributed by atoms with E-state index < -0.39 is 15.8 Å². The van der Waals surface area contributed by atoms with E-state index in [-0.39, 0.29) is 50.0 Å². The van der Waals surface area contributed by atoms with Crippen molar-refractivity contribution in [3.63, 3.8) is 0 Å². The fraction of sp³-hybridized carbons (Fsp3) is 0.238. The molecule has 0 radical (unpaired) electrons. The zero-order chi connectivity index (χ0) is 24.1. The number of carbonyl (C=O) groups excluding carboxylic acids is 1. The van der Waals surface area contributed by atoms with Gasteiger partial charge < -0.3 is 14.8 Å². The third-order valence-corrected chi connectivity index (χ3v) is 7.18. The lowest BCUT2D eigenvalue weighted by molar-refractivity contribution is 0.104. The summed E-state index contributed by atoms with van der Waals surface area (Å²) in [4.78, 5) is 21.7. The number of aryl methyl sites for hydroxylation is 2. The molecule has 0 aliphatic carbocycles. The molecule has 3 heterocycles. The van der Waals surface area contributed by atoms with E-state index in [9.17, 15) is 13.2 Å². The Labute approximate surface area is 194 Å². The first-order chi connectivity index (χ1) is 15.5. The summed E-state index contributed by atoms with van der Waals surface area (Å²) in [6.45, 7) is 6.91. The van der Waals surface area contributed by atoms with Gasteiger partial charge in [0.25, 0.3) is 10.0 Å². The summed E-state index contributed by atoms with van der Waals surface area (Å²) in [6.07, 6.45) is 2.99. The van der Waals surface area contributed by atoms with E-state index in [2.05, 4.69) is 19.8 Å². The van der Waals surface area contributed by atoms with Crippen LogP contribution in [-0.2, 0) is 10.0 Å². The largest absolute Gasteiger partial charge is 0.383 e. The number of sulfonamides is 1. The number of fused-ring (bicyclic) bond motifs is 1. The molecular weight excluding hydrogens is 468 g/mol. The highest BCUT2D eigenvalue weighted by atomic mass is 35.5. The lowest BCUT2D eigenvalue weighted by atomic mass is 10.0. The maximum atomic E-state index is 13.5. The number of rotatable bonds is 6. The van der Waals surface area contributed by atoms with Gasteiger partial charge in [-0.05, 0) is 39.8 Å². The lowest BCUT2D eigenvalue weighted by Crippen LogP contribution is -2.15. The van der Waals surface area contributed by atoms with Crippen molar-refractivity contribution in [1.29, 1.82) is 0 Å². The quantitative estimate of drug-likeness (QED) is 0.388. The molecule has 0 saturated carbocycles. The molecule has 0 atom stereocenters. The van der Waals surface area contributed by atoms with Crippen LogP contribution in [0.4, 0.5) is 11.5 Å². The number of halogens is 1. The molecule has 0 bridgehead atoms. The highest BCUT2D eigenvalue weighted by Gasteiger charge is 2.27. The highest BCUT2D eigenvalue weighted by molar-refractivity contribution is 7.92. The smallest absolute Gasteiger partial charge is 0.267 e. The molecule has 4 rings (SSSR count). The van der Waals surface area contributed by atoms with Crippen LogP contribution in [0.25, 0.3) is 11.0 Å². The fourth-order valence-electron chi connectivity index (χ4n) is 3.66. The minimum atomic E-state index is -4.06. The van der Waals surface area contributed by atoms with E-state index in [0.29, 0.717) is 11.0 Å². The van der Waals surface area contributed by atoms with Gasteiger partial charge in [-0.2, -0.15) is 0 Å². The maximum absolute atomic E-state index is 13.5. The Kier molecular flexibility index (Phi) is 5.62. The molecule has 33 heavy (non-hydrogen) atoms. The molecule has 0 fully saturated rings. The summed E-state index contributed by atoms with van der Waals surface area (Å²) < 4.78 is 35.0. The molecule has 0 amide bonds. The summed E-state index contributed by atoms with van der Waals surface area (Å²) in [7, 11) is -4.06. The molecule has 12 heteroatoms. The molecule has 0 saturated heterocycles. The first-order valence-corrected chi connectivity index (χ1v) is 11.8. The molecule has 1 aromatic carbocycles. The van der Waals surface area contributed by atoms with Gasteiger partial charge in [0, 0.05) is 17.8 Å². The molecule has 0 spiro atoms. The van der Waals surface area contributed by atoms with Gasteiger partial charge in [-0.3, -0.25) is 9.52 Å². The van der Waals surface area contributed by atoms with E-state index in [1.54, 1.807) is 6.20 Å². The summed E-state index contributed by atoms with van der Waals surface area (Å²) in [5.41, 5.74) is 7.20. The molecule has 4 aromatic rings. The summed E-state index contributed by atoms with van der Waals surface area (Å²) in [5, 5.41) is 4.03. The van der Waals surface area contributed by atoms with Crippen molar-refractivity contribution in [1.82, 2.24) is 19.7 Å². The van der Waals surface area contributed by atoms with Crippen molar-refractivity contribution in [3.05, 3.63) is 58.3 Å². The van der Waals surface area contributed by atoms with Gasteiger partial charge in [-0.25, -0.2) is 18.4 Å². The number of aromatic nitrogens is 4. The van der Waals surface area contributed by atoms with Crippen LogP contribution in [-0.4, -0.2) is 33.9 Å². The molecule has 0 aliphatic heterocycles. The van der Waals surface area contributed by atoms with Crippen LogP contribution >= 0.6 is 11.6 Å². The van der Waals surface area contributed by atoms with E-state index >= 15 is 0 Å². The van der Waals surface area contributed by atoms with Gasteiger partial charge in [0.1, 0.15) is 23.5 Å². The number of hydrogen-bond acceptors (Lipinski definition) is 8. The minimum Gasteiger partial charge on any atom is -0.383 e. The van der Waals surface area contributed by atoms with Gasteiger partial charge in [-0.15, -0.1) is 0 Å². The SMILES string of the molecule is Cc1noc(C)c1S(=O)(=O)Nc1cccc(C(=O)c2cn(C(C)C)c3ncnc(N)c23)c1Cl. The van der Waals surface area contributed by atoms with Gasteiger partial charge in [0.2, 0.25) is 0 Å². The standard InChI is InChI=1S/C21H21ClN6O4S/c1-10(2)28-8-14(16-20(23)24-9-25-21(16)28)18(29)13-6-5-7-15(17(13)22)27-33(30,31)19-11(3)26-32-12(19)4/h5-10,27H,1-4H3,(H2,23,24,25). The summed E-state index contributed by atoms with van der Waals surface area (Å²) in [5.74, 6) is -0.140. The van der Waals surface area contributed by atoms with Crippen molar-refractivity contribution < 1.29 is 17.7 Å². The molecule has 172 valence electrons. The third kappa shape index (κ3) is 3.83.